The van der Waals surface area contributed by atoms with E-state index in [-0.39, 0.29) is 18.0 Å². The third-order valence-electron chi connectivity index (χ3n) is 5.21. The van der Waals surface area contributed by atoms with Crippen LogP contribution in [-0.2, 0) is 19.1 Å². The van der Waals surface area contributed by atoms with Crippen molar-refractivity contribution in [2.45, 2.75) is 25.0 Å². The van der Waals surface area contributed by atoms with Crippen molar-refractivity contribution in [1.82, 2.24) is 0 Å². The van der Waals surface area contributed by atoms with Crippen LogP contribution in [0.25, 0.3) is 0 Å². The van der Waals surface area contributed by atoms with Crippen molar-refractivity contribution in [2.24, 2.45) is 11.8 Å². The highest BCUT2D eigenvalue weighted by Gasteiger charge is 2.67. The maximum Gasteiger partial charge on any atom is 0.312 e. The highest BCUT2D eigenvalue weighted by molar-refractivity contribution is 6.02. The molecule has 2 fully saturated rings. The van der Waals surface area contributed by atoms with E-state index in [9.17, 15) is 9.59 Å². The molecule has 25 heavy (non-hydrogen) atoms. The van der Waals surface area contributed by atoms with Crippen LogP contribution in [0.2, 0.25) is 0 Å². The number of amides is 1. The summed E-state index contributed by atoms with van der Waals surface area (Å²) >= 11 is 0. The van der Waals surface area contributed by atoms with Gasteiger partial charge < -0.3 is 19.1 Å². The summed E-state index contributed by atoms with van der Waals surface area (Å²) in [5.74, 6) is -0.781. The van der Waals surface area contributed by atoms with E-state index in [4.69, 9.17) is 14.2 Å². The van der Waals surface area contributed by atoms with Gasteiger partial charge in [-0.05, 0) is 30.7 Å². The molecule has 3 aliphatic heterocycles. The predicted octanol–water partition coefficient (Wildman–Crippen LogP) is 1.93. The minimum Gasteiger partial charge on any atom is -0.497 e. The summed E-state index contributed by atoms with van der Waals surface area (Å²) in [6.45, 7) is 2.72. The molecule has 0 radical (unpaired) electrons. The Morgan fingerprint density at radius 2 is 2.12 bits per heavy atom. The quantitative estimate of drug-likeness (QED) is 0.604. The molecule has 2 unspecified atom stereocenters. The summed E-state index contributed by atoms with van der Waals surface area (Å²) in [6.07, 6.45) is 4.21. The van der Waals surface area contributed by atoms with Gasteiger partial charge in [0.1, 0.15) is 17.3 Å². The van der Waals surface area contributed by atoms with Crippen LogP contribution < -0.4 is 9.64 Å². The third-order valence-corrected chi connectivity index (χ3v) is 5.21. The Hall–Kier alpha value is -2.34. The first-order valence-electron chi connectivity index (χ1n) is 8.59. The van der Waals surface area contributed by atoms with E-state index >= 15 is 0 Å². The monoisotopic (exact) mass is 343 g/mol. The number of esters is 1. The number of nitrogens with zero attached hydrogens (tertiary/aromatic N) is 1. The van der Waals surface area contributed by atoms with Crippen LogP contribution in [0.15, 0.2) is 36.4 Å². The Morgan fingerprint density at radius 1 is 1.36 bits per heavy atom. The SMILES string of the molecule is CCCOC(=O)C1[C@H]2C=CC3(CN(c4ccc(OC)cc4)C(=O)[C@@H]13)O2. The van der Waals surface area contributed by atoms with Gasteiger partial charge in [0, 0.05) is 5.69 Å². The topological polar surface area (TPSA) is 65.1 Å². The second-order valence-corrected chi connectivity index (χ2v) is 6.69. The fraction of sp³-hybridized carbons (Fsp3) is 0.474. The van der Waals surface area contributed by atoms with Gasteiger partial charge in [0.15, 0.2) is 0 Å². The number of methoxy groups -OCH3 is 1. The second kappa shape index (κ2) is 5.88. The van der Waals surface area contributed by atoms with Gasteiger partial charge in [0.25, 0.3) is 0 Å². The lowest BCUT2D eigenvalue weighted by Gasteiger charge is -2.22. The number of fused-ring (bicyclic) bond motifs is 1. The average molecular weight is 343 g/mol. The van der Waals surface area contributed by atoms with Crippen LogP contribution >= 0.6 is 0 Å². The minimum absolute atomic E-state index is 0.0875. The van der Waals surface area contributed by atoms with E-state index in [0.717, 1.165) is 17.9 Å². The normalized spacial score (nSPS) is 32.2. The van der Waals surface area contributed by atoms with Crippen molar-refractivity contribution < 1.29 is 23.8 Å². The third kappa shape index (κ3) is 2.35. The van der Waals surface area contributed by atoms with Gasteiger partial charge in [-0.1, -0.05) is 19.1 Å². The minimum atomic E-state index is -0.725. The van der Waals surface area contributed by atoms with E-state index < -0.39 is 17.4 Å². The fourth-order valence-electron chi connectivity index (χ4n) is 4.05. The Kier molecular flexibility index (Phi) is 3.80. The molecule has 3 aliphatic rings. The standard InChI is InChI=1S/C19H21NO5/c1-3-10-24-18(22)15-14-8-9-19(25-14)11-20(17(21)16(15)19)12-4-6-13(23-2)7-5-12/h4-9,14-16H,3,10-11H2,1-2H3/t14-,15?,16-,19?/m1/s1. The molecule has 0 saturated carbocycles. The van der Waals surface area contributed by atoms with Gasteiger partial charge in [-0.15, -0.1) is 0 Å². The van der Waals surface area contributed by atoms with Crippen molar-refractivity contribution in [1.29, 1.82) is 0 Å². The molecule has 132 valence electrons. The first-order valence-corrected chi connectivity index (χ1v) is 8.59. The van der Waals surface area contributed by atoms with E-state index in [2.05, 4.69) is 0 Å². The lowest BCUT2D eigenvalue weighted by molar-refractivity contribution is -0.152. The molecular formula is C19H21NO5. The molecule has 0 aliphatic carbocycles. The first kappa shape index (κ1) is 16.1. The number of anilines is 1. The second-order valence-electron chi connectivity index (χ2n) is 6.69. The summed E-state index contributed by atoms with van der Waals surface area (Å²) in [4.78, 5) is 27.3. The Morgan fingerprint density at radius 3 is 2.80 bits per heavy atom. The molecule has 0 N–H and O–H groups in total. The van der Waals surface area contributed by atoms with E-state index in [0.29, 0.717) is 13.2 Å². The van der Waals surface area contributed by atoms with Crippen LogP contribution in [0.5, 0.6) is 5.75 Å². The number of ether oxygens (including phenoxy) is 3. The maximum atomic E-state index is 13.1. The lowest BCUT2D eigenvalue weighted by atomic mass is 9.77. The molecule has 2 bridgehead atoms. The Labute approximate surface area is 146 Å². The van der Waals surface area contributed by atoms with Gasteiger partial charge in [-0.3, -0.25) is 9.59 Å². The van der Waals surface area contributed by atoms with Gasteiger partial charge in [-0.25, -0.2) is 0 Å². The Balaban J connectivity index is 1.61. The van der Waals surface area contributed by atoms with Gasteiger partial charge in [0.2, 0.25) is 5.91 Å². The molecule has 1 amide bonds. The molecule has 1 aromatic rings. The van der Waals surface area contributed by atoms with Crippen LogP contribution in [0.1, 0.15) is 13.3 Å². The van der Waals surface area contributed by atoms with Crippen molar-refractivity contribution in [3.05, 3.63) is 36.4 Å². The summed E-state index contributed by atoms with van der Waals surface area (Å²) in [6, 6.07) is 7.31. The van der Waals surface area contributed by atoms with Gasteiger partial charge in [0.05, 0.1) is 32.3 Å². The summed E-state index contributed by atoms with van der Waals surface area (Å²) in [5.41, 5.74) is 0.0492. The van der Waals surface area contributed by atoms with Gasteiger partial charge >= 0.3 is 5.97 Å². The fourth-order valence-corrected chi connectivity index (χ4v) is 4.05. The molecule has 6 heteroatoms. The smallest absolute Gasteiger partial charge is 0.312 e. The first-order chi connectivity index (χ1) is 12.1. The molecule has 3 heterocycles. The molecule has 4 rings (SSSR count). The molecule has 6 nitrogen and oxygen atoms in total. The highest BCUT2D eigenvalue weighted by atomic mass is 16.6. The number of rotatable bonds is 5. The van der Waals surface area contributed by atoms with Crippen molar-refractivity contribution in [3.8, 4) is 5.75 Å². The van der Waals surface area contributed by atoms with Crippen molar-refractivity contribution >= 4 is 17.6 Å². The zero-order valence-corrected chi connectivity index (χ0v) is 14.3. The number of carbonyl (C=O) groups excluding carboxylic acids is 2. The van der Waals surface area contributed by atoms with E-state index in [1.807, 2.05) is 43.3 Å². The predicted molar refractivity (Wildman–Crippen MR) is 90.3 cm³/mol. The molecule has 0 aromatic heterocycles. The van der Waals surface area contributed by atoms with Crippen LogP contribution in [0.4, 0.5) is 5.69 Å². The molecule has 1 spiro atoms. The zero-order chi connectivity index (χ0) is 17.6. The number of carbonyl (C=O) groups is 2. The summed E-state index contributed by atoms with van der Waals surface area (Å²) in [7, 11) is 1.60. The Bertz CT molecular complexity index is 728. The van der Waals surface area contributed by atoms with Crippen LogP contribution in [0, 0.1) is 11.8 Å². The van der Waals surface area contributed by atoms with Crippen LogP contribution in [0.3, 0.4) is 0 Å². The highest BCUT2D eigenvalue weighted by Crippen LogP contribution is 2.52. The van der Waals surface area contributed by atoms with E-state index in [1.54, 1.807) is 12.0 Å². The number of hydrogen-bond donors (Lipinski definition) is 0. The summed E-state index contributed by atoms with van der Waals surface area (Å²) in [5, 5.41) is 0. The van der Waals surface area contributed by atoms with Crippen molar-refractivity contribution in [3.63, 3.8) is 0 Å². The average Bonchev–Trinajstić information content (AvgIpc) is 3.28. The molecule has 1 aromatic carbocycles. The maximum absolute atomic E-state index is 13.1. The van der Waals surface area contributed by atoms with E-state index in [1.165, 1.54) is 0 Å². The molecular weight excluding hydrogens is 322 g/mol. The number of hydrogen-bond acceptors (Lipinski definition) is 5. The van der Waals surface area contributed by atoms with Gasteiger partial charge in [-0.2, -0.15) is 0 Å². The largest absolute Gasteiger partial charge is 0.497 e. The lowest BCUT2D eigenvalue weighted by Crippen LogP contribution is -2.40. The molecule has 4 atom stereocenters. The summed E-state index contributed by atoms with van der Waals surface area (Å²) < 4.78 is 16.5. The zero-order valence-electron chi connectivity index (χ0n) is 14.3. The van der Waals surface area contributed by atoms with Crippen molar-refractivity contribution in [2.75, 3.05) is 25.2 Å². The molecule has 2 saturated heterocycles. The van der Waals surface area contributed by atoms with Crippen LogP contribution in [-0.4, -0.2) is 43.8 Å². The number of benzene rings is 1.